The zero-order valence-corrected chi connectivity index (χ0v) is 15.9. The van der Waals surface area contributed by atoms with Gasteiger partial charge in [-0.25, -0.2) is 4.39 Å². The van der Waals surface area contributed by atoms with E-state index in [0.29, 0.717) is 24.4 Å². The van der Waals surface area contributed by atoms with Crippen molar-refractivity contribution >= 4 is 16.8 Å². The van der Waals surface area contributed by atoms with Crippen LogP contribution < -0.4 is 5.32 Å². The Labute approximate surface area is 161 Å². The highest BCUT2D eigenvalue weighted by atomic mass is 19.1. The Bertz CT molecular complexity index is 1170. The van der Waals surface area contributed by atoms with Crippen LogP contribution in [-0.2, 0) is 13.5 Å². The lowest BCUT2D eigenvalue weighted by Crippen LogP contribution is -2.25. The fourth-order valence-electron chi connectivity index (χ4n) is 3.47. The van der Waals surface area contributed by atoms with E-state index >= 15 is 0 Å². The second-order valence-corrected chi connectivity index (χ2v) is 6.85. The molecule has 0 aliphatic rings. The van der Waals surface area contributed by atoms with Crippen molar-refractivity contribution < 1.29 is 9.18 Å². The topological polar surface area (TPSA) is 91.4 Å². The molecule has 28 heavy (non-hydrogen) atoms. The minimum atomic E-state index is -0.275. The summed E-state index contributed by atoms with van der Waals surface area (Å²) in [5, 5.41) is 15.2. The maximum Gasteiger partial charge on any atom is 0.269 e. The van der Waals surface area contributed by atoms with Crippen LogP contribution in [-0.4, -0.2) is 37.4 Å². The van der Waals surface area contributed by atoms with Crippen molar-refractivity contribution in [3.8, 4) is 11.3 Å². The quantitative estimate of drug-likeness (QED) is 0.497. The van der Waals surface area contributed by atoms with Crippen LogP contribution >= 0.6 is 0 Å². The van der Waals surface area contributed by atoms with Crippen LogP contribution in [0, 0.1) is 19.7 Å². The molecule has 8 heteroatoms. The molecular weight excluding hydrogens is 359 g/mol. The molecule has 0 bridgehead atoms. The van der Waals surface area contributed by atoms with Crippen molar-refractivity contribution in [1.29, 1.82) is 0 Å². The van der Waals surface area contributed by atoms with Crippen molar-refractivity contribution in [3.63, 3.8) is 0 Å². The number of benzene rings is 1. The molecule has 4 rings (SSSR count). The molecule has 0 saturated heterocycles. The van der Waals surface area contributed by atoms with E-state index in [1.165, 1.54) is 12.1 Å². The van der Waals surface area contributed by atoms with Crippen molar-refractivity contribution in [2.45, 2.75) is 20.3 Å². The number of hydrogen-bond acceptors (Lipinski definition) is 3. The Morgan fingerprint density at radius 3 is 2.86 bits per heavy atom. The van der Waals surface area contributed by atoms with Crippen LogP contribution in [0.2, 0.25) is 0 Å². The molecule has 3 N–H and O–H groups in total. The second kappa shape index (κ2) is 6.95. The molecule has 3 heterocycles. The van der Waals surface area contributed by atoms with Gasteiger partial charge in [-0.05, 0) is 50.1 Å². The molecule has 144 valence electrons. The van der Waals surface area contributed by atoms with Gasteiger partial charge < -0.3 is 10.3 Å². The van der Waals surface area contributed by atoms with Gasteiger partial charge in [-0.3, -0.25) is 14.6 Å². The number of H-pyrrole nitrogens is 2. The predicted molar refractivity (Wildman–Crippen MR) is 105 cm³/mol. The normalized spacial score (nSPS) is 11.3. The molecule has 0 atom stereocenters. The molecule has 0 radical (unpaired) electrons. The zero-order valence-electron chi connectivity index (χ0n) is 15.9. The van der Waals surface area contributed by atoms with Gasteiger partial charge in [-0.15, -0.1) is 0 Å². The summed E-state index contributed by atoms with van der Waals surface area (Å²) in [5.74, 6) is -0.507. The Hall–Kier alpha value is -3.42. The molecule has 3 aromatic heterocycles. The first-order valence-electron chi connectivity index (χ1n) is 9.03. The van der Waals surface area contributed by atoms with Crippen LogP contribution in [0.15, 0.2) is 30.5 Å². The van der Waals surface area contributed by atoms with E-state index in [9.17, 15) is 9.18 Å². The minimum Gasteiger partial charge on any atom is -0.361 e. The number of aromatic amines is 2. The van der Waals surface area contributed by atoms with Crippen LogP contribution in [0.3, 0.4) is 0 Å². The maximum atomic E-state index is 13.5. The van der Waals surface area contributed by atoms with E-state index in [1.807, 2.05) is 27.1 Å². The Morgan fingerprint density at radius 1 is 1.29 bits per heavy atom. The molecule has 0 saturated carbocycles. The maximum absolute atomic E-state index is 13.5. The van der Waals surface area contributed by atoms with E-state index in [4.69, 9.17) is 0 Å². The van der Waals surface area contributed by atoms with Crippen molar-refractivity contribution in [2.24, 2.45) is 7.05 Å². The molecule has 7 nitrogen and oxygen atoms in total. The molecular formula is C20H21FN6O. The van der Waals surface area contributed by atoms with Gasteiger partial charge in [-0.2, -0.15) is 10.2 Å². The van der Waals surface area contributed by atoms with Crippen molar-refractivity contribution in [3.05, 3.63) is 58.9 Å². The van der Waals surface area contributed by atoms with Crippen LogP contribution in [0.4, 0.5) is 4.39 Å². The number of aryl methyl sites for hydroxylation is 2. The summed E-state index contributed by atoms with van der Waals surface area (Å²) in [7, 11) is 1.88. The fraction of sp³-hybridized carbons (Fsp3) is 0.250. The average Bonchev–Trinajstić information content (AvgIpc) is 3.34. The monoisotopic (exact) mass is 380 g/mol. The van der Waals surface area contributed by atoms with Crippen LogP contribution in [0.1, 0.15) is 27.4 Å². The first-order chi connectivity index (χ1) is 13.4. The van der Waals surface area contributed by atoms with E-state index in [2.05, 4.69) is 25.6 Å². The predicted octanol–water partition coefficient (Wildman–Crippen LogP) is 3.02. The number of amides is 1. The zero-order chi connectivity index (χ0) is 19.8. The van der Waals surface area contributed by atoms with Gasteiger partial charge in [0.25, 0.3) is 5.91 Å². The van der Waals surface area contributed by atoms with E-state index < -0.39 is 0 Å². The number of hydrogen-bond donors (Lipinski definition) is 3. The molecule has 0 spiro atoms. The molecule has 1 aromatic carbocycles. The van der Waals surface area contributed by atoms with Gasteiger partial charge in [0.15, 0.2) is 0 Å². The average molecular weight is 380 g/mol. The molecule has 0 fully saturated rings. The Balaban J connectivity index is 1.43. The highest BCUT2D eigenvalue weighted by Crippen LogP contribution is 2.25. The summed E-state index contributed by atoms with van der Waals surface area (Å²) in [6.07, 6.45) is 2.44. The van der Waals surface area contributed by atoms with Gasteiger partial charge >= 0.3 is 0 Å². The third-order valence-electron chi connectivity index (χ3n) is 5.00. The summed E-state index contributed by atoms with van der Waals surface area (Å²) in [4.78, 5) is 15.6. The van der Waals surface area contributed by atoms with Gasteiger partial charge in [0.05, 0.1) is 11.4 Å². The summed E-state index contributed by atoms with van der Waals surface area (Å²) in [6, 6.07) is 6.36. The lowest BCUT2D eigenvalue weighted by Gasteiger charge is -2.03. The van der Waals surface area contributed by atoms with Crippen LogP contribution in [0.5, 0.6) is 0 Å². The summed E-state index contributed by atoms with van der Waals surface area (Å²) in [6.45, 7) is 4.32. The molecule has 1 amide bonds. The smallest absolute Gasteiger partial charge is 0.269 e. The first-order valence-corrected chi connectivity index (χ1v) is 9.03. The third kappa shape index (κ3) is 3.17. The number of nitrogens with one attached hydrogen (secondary N) is 3. The van der Waals surface area contributed by atoms with Gasteiger partial charge in [0.2, 0.25) is 0 Å². The van der Waals surface area contributed by atoms with E-state index in [1.54, 1.807) is 16.8 Å². The second-order valence-electron chi connectivity index (χ2n) is 6.85. The Kier molecular flexibility index (Phi) is 4.46. The van der Waals surface area contributed by atoms with Crippen molar-refractivity contribution in [2.75, 3.05) is 6.54 Å². The summed E-state index contributed by atoms with van der Waals surface area (Å²) < 4.78 is 15.3. The minimum absolute atomic E-state index is 0.232. The molecule has 0 aliphatic carbocycles. The van der Waals surface area contributed by atoms with Gasteiger partial charge in [-0.1, -0.05) is 0 Å². The standard InChI is InChI=1S/C20H21FN6O/c1-11-19(12(2)27(3)26-11)17-9-18(25-24-17)20(28)22-7-6-13-10-23-16-5-4-14(21)8-15(13)16/h4-5,8-10,23H,6-7H2,1-3H3,(H,22,28)(H,24,25). The number of carbonyl (C=O) groups is 1. The highest BCUT2D eigenvalue weighted by Gasteiger charge is 2.17. The first kappa shape index (κ1) is 18.0. The van der Waals surface area contributed by atoms with E-state index in [-0.39, 0.29) is 11.7 Å². The summed E-state index contributed by atoms with van der Waals surface area (Å²) >= 11 is 0. The number of aromatic nitrogens is 5. The lowest BCUT2D eigenvalue weighted by atomic mass is 10.1. The van der Waals surface area contributed by atoms with Crippen LogP contribution in [0.25, 0.3) is 22.2 Å². The van der Waals surface area contributed by atoms with Gasteiger partial charge in [0.1, 0.15) is 11.5 Å². The number of fused-ring (bicyclic) bond motifs is 1. The Morgan fingerprint density at radius 2 is 2.11 bits per heavy atom. The third-order valence-corrected chi connectivity index (χ3v) is 5.00. The molecule has 0 unspecified atom stereocenters. The van der Waals surface area contributed by atoms with E-state index in [0.717, 1.165) is 33.4 Å². The van der Waals surface area contributed by atoms with Crippen molar-refractivity contribution in [1.82, 2.24) is 30.3 Å². The number of nitrogens with zero attached hydrogens (tertiary/aromatic N) is 3. The fourth-order valence-corrected chi connectivity index (χ4v) is 3.47. The highest BCUT2D eigenvalue weighted by molar-refractivity contribution is 5.93. The number of halogens is 1. The SMILES string of the molecule is Cc1nn(C)c(C)c1-c1cc(C(=O)NCCc2c[nH]c3ccc(F)cc23)[nH]n1. The molecule has 4 aromatic rings. The molecule has 0 aliphatic heterocycles. The lowest BCUT2D eigenvalue weighted by molar-refractivity contribution is 0.0949. The summed E-state index contributed by atoms with van der Waals surface area (Å²) in [5.41, 5.74) is 5.71. The van der Waals surface area contributed by atoms with Gasteiger partial charge in [0, 0.05) is 41.9 Å². The number of carbonyl (C=O) groups excluding carboxylic acids is 1. The largest absolute Gasteiger partial charge is 0.361 e. The number of rotatable bonds is 5.